The summed E-state index contributed by atoms with van der Waals surface area (Å²) in [5.41, 5.74) is 1.16. The van der Waals surface area contributed by atoms with Crippen LogP contribution in [-0.2, 0) is 17.8 Å². The fourth-order valence-corrected chi connectivity index (χ4v) is 3.44. The first-order chi connectivity index (χ1) is 15.4. The second-order valence-electron chi connectivity index (χ2n) is 8.45. The highest BCUT2D eigenvalue weighted by molar-refractivity contribution is 5.94. The van der Waals surface area contributed by atoms with Gasteiger partial charge < -0.3 is 18.6 Å². The van der Waals surface area contributed by atoms with E-state index in [1.807, 2.05) is 37.3 Å². The van der Waals surface area contributed by atoms with E-state index in [0.717, 1.165) is 29.9 Å². The molecule has 0 bridgehead atoms. The van der Waals surface area contributed by atoms with Crippen LogP contribution in [0.5, 0.6) is 0 Å². The lowest BCUT2D eigenvalue weighted by Gasteiger charge is -2.27. The van der Waals surface area contributed by atoms with E-state index in [2.05, 4.69) is 26.0 Å². The Morgan fingerprint density at radius 2 is 1.72 bits per heavy atom. The third-order valence-corrected chi connectivity index (χ3v) is 5.33. The van der Waals surface area contributed by atoms with Gasteiger partial charge >= 0.3 is 0 Å². The van der Waals surface area contributed by atoms with E-state index in [1.165, 1.54) is 6.26 Å². The topological polar surface area (TPSA) is 66.9 Å². The Hall–Kier alpha value is -3.28. The normalized spacial score (nSPS) is 11.0. The Morgan fingerprint density at radius 1 is 0.938 bits per heavy atom. The lowest BCUT2D eigenvalue weighted by atomic mass is 10.1. The van der Waals surface area contributed by atoms with Gasteiger partial charge in [-0.05, 0) is 55.5 Å². The summed E-state index contributed by atoms with van der Waals surface area (Å²) in [4.78, 5) is 29.7. The van der Waals surface area contributed by atoms with Crippen molar-refractivity contribution in [3.63, 3.8) is 0 Å². The van der Waals surface area contributed by atoms with E-state index >= 15 is 0 Å². The molecule has 170 valence electrons. The largest absolute Gasteiger partial charge is 0.464 e. The minimum absolute atomic E-state index is 0.000728. The summed E-state index contributed by atoms with van der Waals surface area (Å²) in [6.45, 7) is 7.49. The van der Waals surface area contributed by atoms with Crippen molar-refractivity contribution < 1.29 is 18.4 Å². The van der Waals surface area contributed by atoms with Gasteiger partial charge in [-0.3, -0.25) is 9.59 Å². The predicted molar refractivity (Wildman–Crippen MR) is 123 cm³/mol. The molecule has 0 saturated carbocycles. The second kappa shape index (κ2) is 11.4. The summed E-state index contributed by atoms with van der Waals surface area (Å²) in [5.74, 6) is 1.83. The van der Waals surface area contributed by atoms with Crippen molar-refractivity contribution in [2.24, 2.45) is 5.92 Å². The summed E-state index contributed by atoms with van der Waals surface area (Å²) >= 11 is 0. The van der Waals surface area contributed by atoms with Gasteiger partial charge in [-0.25, -0.2) is 0 Å². The van der Waals surface area contributed by atoms with Crippen LogP contribution in [0.2, 0.25) is 0 Å². The third-order valence-electron chi connectivity index (χ3n) is 5.33. The molecule has 3 rings (SSSR count). The SMILES string of the molecule is Cc1ccc(CN(CCc2ccccc2)C(=O)CN(CCC(C)C)C(=O)c2ccco2)o1. The molecule has 2 amide bonds. The summed E-state index contributed by atoms with van der Waals surface area (Å²) in [5, 5.41) is 0. The summed E-state index contributed by atoms with van der Waals surface area (Å²) in [6.07, 6.45) is 3.01. The molecule has 3 aromatic rings. The number of benzene rings is 1. The number of carbonyl (C=O) groups excluding carboxylic acids is 2. The van der Waals surface area contributed by atoms with Gasteiger partial charge in [0.15, 0.2) is 5.76 Å². The minimum atomic E-state index is -0.263. The Balaban J connectivity index is 1.74. The molecule has 0 atom stereocenters. The molecule has 2 aromatic heterocycles. The molecule has 6 heteroatoms. The molecule has 2 heterocycles. The highest BCUT2D eigenvalue weighted by Gasteiger charge is 2.24. The molecule has 0 saturated heterocycles. The zero-order chi connectivity index (χ0) is 22.9. The zero-order valence-electron chi connectivity index (χ0n) is 19.1. The highest BCUT2D eigenvalue weighted by Crippen LogP contribution is 2.14. The quantitative estimate of drug-likeness (QED) is 0.427. The number of hydrogen-bond donors (Lipinski definition) is 0. The average Bonchev–Trinajstić information content (AvgIpc) is 3.46. The molecule has 32 heavy (non-hydrogen) atoms. The van der Waals surface area contributed by atoms with E-state index in [1.54, 1.807) is 21.9 Å². The van der Waals surface area contributed by atoms with E-state index in [9.17, 15) is 9.59 Å². The van der Waals surface area contributed by atoms with Gasteiger partial charge in [-0.1, -0.05) is 44.2 Å². The summed E-state index contributed by atoms with van der Waals surface area (Å²) in [6, 6.07) is 17.2. The van der Waals surface area contributed by atoms with Crippen molar-refractivity contribution in [3.8, 4) is 0 Å². The average molecular weight is 437 g/mol. The number of aryl methyl sites for hydroxylation is 1. The van der Waals surface area contributed by atoms with Crippen LogP contribution in [0.15, 0.2) is 69.7 Å². The molecule has 0 radical (unpaired) electrons. The van der Waals surface area contributed by atoms with Crippen molar-refractivity contribution in [2.75, 3.05) is 19.6 Å². The maximum Gasteiger partial charge on any atom is 0.290 e. The van der Waals surface area contributed by atoms with Crippen LogP contribution in [-0.4, -0.2) is 41.2 Å². The minimum Gasteiger partial charge on any atom is -0.464 e. The first kappa shape index (κ1) is 23.4. The smallest absolute Gasteiger partial charge is 0.290 e. The van der Waals surface area contributed by atoms with Crippen LogP contribution >= 0.6 is 0 Å². The third kappa shape index (κ3) is 6.87. The van der Waals surface area contributed by atoms with Crippen LogP contribution in [0.1, 0.15) is 47.9 Å². The maximum absolute atomic E-state index is 13.4. The van der Waals surface area contributed by atoms with Gasteiger partial charge in [0.05, 0.1) is 12.8 Å². The van der Waals surface area contributed by atoms with Crippen molar-refractivity contribution in [1.29, 1.82) is 0 Å². The van der Waals surface area contributed by atoms with Gasteiger partial charge in [-0.2, -0.15) is 0 Å². The van der Waals surface area contributed by atoms with Crippen molar-refractivity contribution in [3.05, 3.63) is 83.7 Å². The lowest BCUT2D eigenvalue weighted by molar-refractivity contribution is -0.132. The molecule has 0 N–H and O–H groups in total. The fraction of sp³-hybridized carbons (Fsp3) is 0.385. The molecule has 0 fully saturated rings. The molecular weight excluding hydrogens is 404 g/mol. The monoisotopic (exact) mass is 436 g/mol. The van der Waals surface area contributed by atoms with Crippen molar-refractivity contribution >= 4 is 11.8 Å². The fourth-order valence-electron chi connectivity index (χ4n) is 3.44. The summed E-state index contributed by atoms with van der Waals surface area (Å²) in [7, 11) is 0. The zero-order valence-corrected chi connectivity index (χ0v) is 19.1. The standard InChI is InChI=1S/C26H32N2O4/c1-20(2)13-15-28(26(30)24-10-7-17-31-24)19-25(29)27(18-23-12-11-21(3)32-23)16-14-22-8-5-4-6-9-22/h4-12,17,20H,13-16,18-19H2,1-3H3. The number of nitrogens with zero attached hydrogens (tertiary/aromatic N) is 2. The van der Waals surface area contributed by atoms with Crippen LogP contribution in [0.3, 0.4) is 0 Å². The Labute approximate surface area is 189 Å². The molecule has 0 aliphatic heterocycles. The molecular formula is C26H32N2O4. The first-order valence-corrected chi connectivity index (χ1v) is 11.1. The van der Waals surface area contributed by atoms with Crippen LogP contribution in [0, 0.1) is 12.8 Å². The van der Waals surface area contributed by atoms with E-state index in [4.69, 9.17) is 8.83 Å². The van der Waals surface area contributed by atoms with Gasteiger partial charge in [0.25, 0.3) is 5.91 Å². The predicted octanol–water partition coefficient (Wildman–Crippen LogP) is 4.94. The second-order valence-corrected chi connectivity index (χ2v) is 8.45. The Kier molecular flexibility index (Phi) is 8.31. The molecule has 0 aliphatic rings. The summed E-state index contributed by atoms with van der Waals surface area (Å²) < 4.78 is 11.0. The van der Waals surface area contributed by atoms with Gasteiger partial charge in [-0.15, -0.1) is 0 Å². The number of rotatable bonds is 11. The molecule has 0 unspecified atom stereocenters. The molecule has 0 spiro atoms. The Bertz CT molecular complexity index is 976. The van der Waals surface area contributed by atoms with Crippen LogP contribution in [0.25, 0.3) is 0 Å². The number of hydrogen-bond acceptors (Lipinski definition) is 4. The number of carbonyl (C=O) groups is 2. The van der Waals surface area contributed by atoms with Crippen molar-refractivity contribution in [1.82, 2.24) is 9.80 Å². The molecule has 6 nitrogen and oxygen atoms in total. The van der Waals surface area contributed by atoms with Crippen molar-refractivity contribution in [2.45, 2.75) is 40.2 Å². The van der Waals surface area contributed by atoms with Gasteiger partial charge in [0, 0.05) is 13.1 Å². The van der Waals surface area contributed by atoms with Crippen LogP contribution in [0.4, 0.5) is 0 Å². The number of furan rings is 2. The van der Waals surface area contributed by atoms with Gasteiger partial charge in [0.1, 0.15) is 18.1 Å². The van der Waals surface area contributed by atoms with Crippen LogP contribution < -0.4 is 0 Å². The van der Waals surface area contributed by atoms with E-state index < -0.39 is 0 Å². The maximum atomic E-state index is 13.4. The number of amides is 2. The lowest BCUT2D eigenvalue weighted by Crippen LogP contribution is -2.43. The molecule has 0 aliphatic carbocycles. The van der Waals surface area contributed by atoms with Gasteiger partial charge in [0.2, 0.25) is 5.91 Å². The van der Waals surface area contributed by atoms with E-state index in [-0.39, 0.29) is 24.1 Å². The highest BCUT2D eigenvalue weighted by atomic mass is 16.3. The molecule has 1 aromatic carbocycles. The first-order valence-electron chi connectivity index (χ1n) is 11.1. The Morgan fingerprint density at radius 3 is 2.34 bits per heavy atom. The van der Waals surface area contributed by atoms with E-state index in [0.29, 0.717) is 25.6 Å².